The normalized spacial score (nSPS) is 10.6. The summed E-state index contributed by atoms with van der Waals surface area (Å²) in [6, 6.07) is 5.75. The third-order valence-electron chi connectivity index (χ3n) is 2.54. The van der Waals surface area contributed by atoms with Crippen LogP contribution in [0.1, 0.15) is 0 Å². The number of benzene rings is 1. The Morgan fingerprint density at radius 2 is 2.16 bits per heavy atom. The first kappa shape index (κ1) is 11.3. The van der Waals surface area contributed by atoms with E-state index in [1.165, 1.54) is 52.5 Å². The molecule has 0 aliphatic rings. The van der Waals surface area contributed by atoms with Crippen molar-refractivity contribution in [1.29, 1.82) is 0 Å². The summed E-state index contributed by atoms with van der Waals surface area (Å²) in [4.78, 5) is 20.0. The molecular weight excluding hydrogens is 249 g/mol. The van der Waals surface area contributed by atoms with Crippen molar-refractivity contribution < 1.29 is 4.39 Å². The van der Waals surface area contributed by atoms with Gasteiger partial charge in [-0.2, -0.15) is 9.78 Å². The van der Waals surface area contributed by atoms with Gasteiger partial charge in [-0.3, -0.25) is 9.36 Å². The highest BCUT2D eigenvalue weighted by molar-refractivity contribution is 5.34. The molecule has 2 heterocycles. The van der Waals surface area contributed by atoms with Crippen LogP contribution in [0.2, 0.25) is 0 Å². The fourth-order valence-electron chi connectivity index (χ4n) is 1.71. The molecule has 0 unspecified atom stereocenters. The van der Waals surface area contributed by atoms with Gasteiger partial charge in [-0.05, 0) is 18.2 Å². The molecule has 0 saturated carbocycles. The van der Waals surface area contributed by atoms with Crippen LogP contribution in [-0.4, -0.2) is 24.3 Å². The van der Waals surface area contributed by atoms with Crippen molar-refractivity contribution in [1.82, 2.24) is 24.3 Å². The fourth-order valence-corrected chi connectivity index (χ4v) is 1.71. The third-order valence-corrected chi connectivity index (χ3v) is 2.54. The van der Waals surface area contributed by atoms with Gasteiger partial charge in [0.15, 0.2) is 0 Å². The van der Waals surface area contributed by atoms with E-state index >= 15 is 0 Å². The van der Waals surface area contributed by atoms with Crippen LogP contribution < -0.4 is 5.56 Å². The first-order valence-corrected chi connectivity index (χ1v) is 5.44. The first-order valence-electron chi connectivity index (χ1n) is 5.44. The lowest BCUT2D eigenvalue weighted by Crippen LogP contribution is -2.24. The Balaban J connectivity index is 2.19. The molecule has 94 valence electrons. The maximum absolute atomic E-state index is 13.2. The summed E-state index contributed by atoms with van der Waals surface area (Å²) >= 11 is 0. The minimum absolute atomic E-state index is 0.101. The quantitative estimate of drug-likeness (QED) is 0.685. The lowest BCUT2D eigenvalue weighted by Gasteiger charge is -2.06. The molecule has 0 N–H and O–H groups in total. The Morgan fingerprint density at radius 3 is 2.89 bits per heavy atom. The summed E-state index contributed by atoms with van der Waals surface area (Å²) in [5.74, 6) is -0.312. The first-order chi connectivity index (χ1) is 9.25. The molecule has 0 saturated heterocycles. The average molecular weight is 257 g/mol. The second-order valence-corrected chi connectivity index (χ2v) is 3.75. The zero-order chi connectivity index (χ0) is 13.2. The summed E-state index contributed by atoms with van der Waals surface area (Å²) in [5, 5.41) is 3.86. The fraction of sp³-hybridized carbons (Fsp3) is 0. The van der Waals surface area contributed by atoms with Gasteiger partial charge < -0.3 is 0 Å². The number of halogens is 1. The molecule has 6 nitrogen and oxygen atoms in total. The van der Waals surface area contributed by atoms with Crippen LogP contribution in [0.5, 0.6) is 0 Å². The van der Waals surface area contributed by atoms with Gasteiger partial charge in [0, 0.05) is 12.4 Å². The Kier molecular flexibility index (Phi) is 2.64. The highest BCUT2D eigenvalue weighted by Crippen LogP contribution is 2.07. The molecule has 0 aliphatic heterocycles. The van der Waals surface area contributed by atoms with Crippen molar-refractivity contribution in [3.8, 4) is 11.5 Å². The van der Waals surface area contributed by atoms with E-state index in [-0.39, 0.29) is 5.82 Å². The maximum atomic E-state index is 13.2. The van der Waals surface area contributed by atoms with Crippen molar-refractivity contribution >= 4 is 0 Å². The topological polar surface area (TPSA) is 65.6 Å². The summed E-state index contributed by atoms with van der Waals surface area (Å²) in [7, 11) is 0. The second-order valence-electron chi connectivity index (χ2n) is 3.75. The smallest absolute Gasteiger partial charge is 0.279 e. The van der Waals surface area contributed by atoms with E-state index in [9.17, 15) is 9.18 Å². The van der Waals surface area contributed by atoms with Crippen molar-refractivity contribution in [2.45, 2.75) is 0 Å². The van der Waals surface area contributed by atoms with Crippen LogP contribution in [0, 0.1) is 5.82 Å². The molecule has 0 atom stereocenters. The van der Waals surface area contributed by atoms with E-state index in [0.717, 1.165) is 0 Å². The SMILES string of the molecule is O=c1c(-n2cncn2)nccn1-c1cccc(F)c1. The zero-order valence-electron chi connectivity index (χ0n) is 9.64. The van der Waals surface area contributed by atoms with Gasteiger partial charge in [0.05, 0.1) is 5.69 Å². The lowest BCUT2D eigenvalue weighted by molar-refractivity contribution is 0.626. The minimum atomic E-state index is -0.413. The predicted octanol–water partition coefficient (Wildman–Crippen LogP) is 0.952. The van der Waals surface area contributed by atoms with Gasteiger partial charge in [-0.15, -0.1) is 0 Å². The van der Waals surface area contributed by atoms with Crippen LogP contribution in [0.15, 0.2) is 54.1 Å². The Morgan fingerprint density at radius 1 is 1.26 bits per heavy atom. The van der Waals surface area contributed by atoms with Crippen molar-refractivity contribution in [2.75, 3.05) is 0 Å². The van der Waals surface area contributed by atoms with Crippen molar-refractivity contribution in [3.05, 3.63) is 65.5 Å². The van der Waals surface area contributed by atoms with Crippen molar-refractivity contribution in [3.63, 3.8) is 0 Å². The summed E-state index contributed by atoms with van der Waals surface area (Å²) in [5.41, 5.74) is 0.0207. The van der Waals surface area contributed by atoms with Crippen LogP contribution in [0.25, 0.3) is 11.5 Å². The highest BCUT2D eigenvalue weighted by Gasteiger charge is 2.09. The number of rotatable bonds is 2. The number of hydrogen-bond donors (Lipinski definition) is 0. The summed E-state index contributed by atoms with van der Waals surface area (Å²) in [6.07, 6.45) is 5.60. The number of hydrogen-bond acceptors (Lipinski definition) is 4. The van der Waals surface area contributed by atoms with Gasteiger partial charge in [0.2, 0.25) is 5.82 Å². The number of nitrogens with zero attached hydrogens (tertiary/aromatic N) is 5. The standard InChI is InChI=1S/C12H8FN5O/c13-9-2-1-3-10(6-9)17-5-4-15-11(12(17)19)18-8-14-7-16-18/h1-8H. The van der Waals surface area contributed by atoms with E-state index in [2.05, 4.69) is 15.1 Å². The van der Waals surface area contributed by atoms with Crippen LogP contribution in [0.4, 0.5) is 4.39 Å². The molecule has 0 fully saturated rings. The number of aromatic nitrogens is 5. The summed E-state index contributed by atoms with van der Waals surface area (Å²) in [6.45, 7) is 0. The Hall–Kier alpha value is -2.83. The van der Waals surface area contributed by atoms with Gasteiger partial charge in [0.1, 0.15) is 18.5 Å². The predicted molar refractivity (Wildman–Crippen MR) is 64.7 cm³/mol. The van der Waals surface area contributed by atoms with Gasteiger partial charge in [-0.1, -0.05) is 6.07 Å². The molecular formula is C12H8FN5O. The lowest BCUT2D eigenvalue weighted by atomic mass is 10.3. The Labute approximate surface area is 106 Å². The average Bonchev–Trinajstić information content (AvgIpc) is 2.93. The van der Waals surface area contributed by atoms with Crippen LogP contribution in [-0.2, 0) is 0 Å². The molecule has 1 aromatic carbocycles. The molecule has 0 radical (unpaired) electrons. The Bertz CT molecular complexity index is 766. The van der Waals surface area contributed by atoms with E-state index in [0.29, 0.717) is 5.69 Å². The largest absolute Gasteiger partial charge is 0.300 e. The maximum Gasteiger partial charge on any atom is 0.300 e. The van der Waals surface area contributed by atoms with Crippen molar-refractivity contribution in [2.24, 2.45) is 0 Å². The van der Waals surface area contributed by atoms with Gasteiger partial charge in [-0.25, -0.2) is 14.4 Å². The minimum Gasteiger partial charge on any atom is -0.279 e. The second kappa shape index (κ2) is 4.45. The molecule has 0 aliphatic carbocycles. The third kappa shape index (κ3) is 2.01. The van der Waals surface area contributed by atoms with Gasteiger partial charge in [0.25, 0.3) is 5.56 Å². The van der Waals surface area contributed by atoms with E-state index < -0.39 is 11.4 Å². The molecule has 19 heavy (non-hydrogen) atoms. The summed E-state index contributed by atoms with van der Waals surface area (Å²) < 4.78 is 15.8. The van der Waals surface area contributed by atoms with Crippen LogP contribution in [0.3, 0.4) is 0 Å². The molecule has 0 bridgehead atoms. The van der Waals surface area contributed by atoms with E-state index in [1.807, 2.05) is 0 Å². The monoisotopic (exact) mass is 257 g/mol. The molecule has 0 amide bonds. The molecule has 3 rings (SSSR count). The molecule has 7 heteroatoms. The van der Waals surface area contributed by atoms with E-state index in [4.69, 9.17) is 0 Å². The zero-order valence-corrected chi connectivity index (χ0v) is 9.64. The molecule has 3 aromatic rings. The van der Waals surface area contributed by atoms with E-state index in [1.54, 1.807) is 6.07 Å². The molecule has 0 spiro atoms. The van der Waals surface area contributed by atoms with Crippen LogP contribution >= 0.6 is 0 Å². The molecule has 2 aromatic heterocycles. The van der Waals surface area contributed by atoms with Gasteiger partial charge >= 0.3 is 0 Å². The highest BCUT2D eigenvalue weighted by atomic mass is 19.1.